The molecule has 1 amide bonds. The van der Waals surface area contributed by atoms with Crippen LogP contribution in [0.3, 0.4) is 0 Å². The zero-order chi connectivity index (χ0) is 24.3. The quantitative estimate of drug-likeness (QED) is 0.435. The van der Waals surface area contributed by atoms with Gasteiger partial charge in [-0.05, 0) is 80.8 Å². The highest BCUT2D eigenvalue weighted by Crippen LogP contribution is 2.38. The number of hydrogen-bond donors (Lipinski definition) is 2. The summed E-state index contributed by atoms with van der Waals surface area (Å²) in [7, 11) is 0. The molecule has 8 heteroatoms. The lowest BCUT2D eigenvalue weighted by Gasteiger charge is -2.16. The molecule has 0 radical (unpaired) electrons. The number of ether oxygens (including phenoxy) is 1. The predicted octanol–water partition coefficient (Wildman–Crippen LogP) is 4.90. The summed E-state index contributed by atoms with van der Waals surface area (Å²) < 4.78 is 11.9. The molecule has 178 valence electrons. The van der Waals surface area contributed by atoms with Crippen molar-refractivity contribution in [3.8, 4) is 28.0 Å². The number of thiophene rings is 1. The second kappa shape index (κ2) is 10.5. The Morgan fingerprint density at radius 3 is 2.39 bits per heavy atom. The molecule has 7 nitrogen and oxygen atoms in total. The lowest BCUT2D eigenvalue weighted by molar-refractivity contribution is -0.118. The van der Waals surface area contributed by atoms with Crippen LogP contribution in [0.25, 0.3) is 22.2 Å². The number of aromatic nitrogens is 2. The van der Waals surface area contributed by atoms with Crippen LogP contribution < -0.4 is 10.5 Å². The van der Waals surface area contributed by atoms with Gasteiger partial charge in [0.15, 0.2) is 0 Å². The van der Waals surface area contributed by atoms with E-state index < -0.39 is 12.0 Å². The van der Waals surface area contributed by atoms with E-state index in [2.05, 4.69) is 37.9 Å². The van der Waals surface area contributed by atoms with E-state index in [1.165, 1.54) is 16.0 Å². The number of carbonyl (C=O) groups is 1. The fourth-order valence-electron chi connectivity index (χ4n) is 3.91. The van der Waals surface area contributed by atoms with Gasteiger partial charge in [0.05, 0.1) is 11.0 Å². The molecule has 0 saturated heterocycles. The molecule has 0 bridgehead atoms. The third-order valence-electron chi connectivity index (χ3n) is 5.56. The van der Waals surface area contributed by atoms with Crippen molar-refractivity contribution in [3.63, 3.8) is 0 Å². The summed E-state index contributed by atoms with van der Waals surface area (Å²) in [5.41, 5.74) is 10.3. The Morgan fingerprint density at radius 2 is 1.79 bits per heavy atom. The number of hydrogen-bond acceptors (Lipinski definition) is 7. The zero-order valence-electron chi connectivity index (χ0n) is 20.2. The molecule has 1 atom stereocenters. The molecule has 1 aromatic carbocycles. The monoisotopic (exact) mass is 471 g/mol. The SMILES string of the molecule is Cc1cc(-c2nnc(-c3sc(C)c(CC(C)C)c3C)o2)cc(C)c1OC[C@H](O)CCC(N)=O. The summed E-state index contributed by atoms with van der Waals surface area (Å²) in [5, 5.41) is 18.6. The van der Waals surface area contributed by atoms with Gasteiger partial charge in [-0.2, -0.15) is 0 Å². The third-order valence-corrected chi connectivity index (χ3v) is 6.79. The maximum atomic E-state index is 10.9. The molecule has 3 rings (SSSR count). The third kappa shape index (κ3) is 6.00. The molecule has 0 aliphatic carbocycles. The van der Waals surface area contributed by atoms with E-state index in [1.807, 2.05) is 26.0 Å². The number of rotatable bonds is 10. The normalized spacial score (nSPS) is 12.4. The fourth-order valence-corrected chi connectivity index (χ4v) is 5.02. The van der Waals surface area contributed by atoms with E-state index in [0.29, 0.717) is 23.4 Å². The average Bonchev–Trinajstić information content (AvgIpc) is 3.32. The van der Waals surface area contributed by atoms with Gasteiger partial charge in [-0.25, -0.2) is 0 Å². The number of aliphatic hydroxyl groups is 1. The number of nitrogens with zero attached hydrogens (tertiary/aromatic N) is 2. The van der Waals surface area contributed by atoms with Crippen molar-refractivity contribution < 1.29 is 19.1 Å². The van der Waals surface area contributed by atoms with Gasteiger partial charge in [-0.3, -0.25) is 4.79 Å². The van der Waals surface area contributed by atoms with E-state index in [1.54, 1.807) is 11.3 Å². The van der Waals surface area contributed by atoms with Gasteiger partial charge in [-0.1, -0.05) is 13.8 Å². The molecular weight excluding hydrogens is 438 g/mol. The second-order valence-electron chi connectivity index (χ2n) is 9.01. The van der Waals surface area contributed by atoms with Gasteiger partial charge in [-0.15, -0.1) is 21.5 Å². The lowest BCUT2D eigenvalue weighted by Crippen LogP contribution is -2.21. The van der Waals surface area contributed by atoms with E-state index in [4.69, 9.17) is 14.9 Å². The van der Waals surface area contributed by atoms with Crippen molar-refractivity contribution in [1.82, 2.24) is 10.2 Å². The highest BCUT2D eigenvalue weighted by Gasteiger charge is 2.20. The van der Waals surface area contributed by atoms with Crippen LogP contribution in [0.4, 0.5) is 0 Å². The topological polar surface area (TPSA) is 111 Å². The number of amides is 1. The fraction of sp³-hybridized carbons (Fsp3) is 0.480. The lowest BCUT2D eigenvalue weighted by atomic mass is 9.99. The summed E-state index contributed by atoms with van der Waals surface area (Å²) in [4.78, 5) is 13.2. The first-order chi connectivity index (χ1) is 15.6. The first-order valence-corrected chi connectivity index (χ1v) is 12.0. The molecule has 0 aliphatic heterocycles. The van der Waals surface area contributed by atoms with Crippen LogP contribution in [-0.4, -0.2) is 33.9 Å². The Hall–Kier alpha value is -2.71. The van der Waals surface area contributed by atoms with Crippen molar-refractivity contribution >= 4 is 17.2 Å². The smallest absolute Gasteiger partial charge is 0.258 e. The second-order valence-corrected chi connectivity index (χ2v) is 10.2. The minimum absolute atomic E-state index is 0.0920. The Bertz CT molecular complexity index is 1110. The molecule has 0 saturated carbocycles. The summed E-state index contributed by atoms with van der Waals surface area (Å²) >= 11 is 1.70. The molecule has 0 fully saturated rings. The van der Waals surface area contributed by atoms with E-state index in [0.717, 1.165) is 28.0 Å². The van der Waals surface area contributed by atoms with Crippen LogP contribution in [0.1, 0.15) is 53.8 Å². The van der Waals surface area contributed by atoms with Crippen LogP contribution in [0, 0.1) is 33.6 Å². The van der Waals surface area contributed by atoms with Crippen LogP contribution in [0.2, 0.25) is 0 Å². The van der Waals surface area contributed by atoms with Gasteiger partial charge >= 0.3 is 0 Å². The average molecular weight is 472 g/mol. The molecule has 0 aliphatic rings. The maximum Gasteiger partial charge on any atom is 0.258 e. The Morgan fingerprint density at radius 1 is 1.15 bits per heavy atom. The zero-order valence-corrected chi connectivity index (χ0v) is 21.0. The molecular formula is C25H33N3O4S. The number of nitrogens with two attached hydrogens (primary N) is 1. The van der Waals surface area contributed by atoms with Gasteiger partial charge in [0.2, 0.25) is 11.8 Å². The van der Waals surface area contributed by atoms with Crippen molar-refractivity contribution in [2.24, 2.45) is 11.7 Å². The van der Waals surface area contributed by atoms with Crippen molar-refractivity contribution in [2.75, 3.05) is 6.61 Å². The highest BCUT2D eigenvalue weighted by molar-refractivity contribution is 7.15. The molecule has 0 spiro atoms. The minimum Gasteiger partial charge on any atom is -0.490 e. The van der Waals surface area contributed by atoms with Crippen LogP contribution in [-0.2, 0) is 11.2 Å². The molecule has 3 aromatic rings. The Kier molecular flexibility index (Phi) is 7.92. The standard InChI is InChI=1S/C25H33N3O4S/c1-13(2)9-20-16(5)23(33-17(20)6)25-28-27-24(32-25)18-10-14(3)22(15(4)11-18)31-12-19(29)7-8-21(26)30/h10-11,13,19,29H,7-9,12H2,1-6H3,(H2,26,30)/t19-/m1/s1. The molecule has 3 N–H and O–H groups in total. The van der Waals surface area contributed by atoms with Gasteiger partial charge < -0.3 is 20.0 Å². The molecule has 2 aromatic heterocycles. The van der Waals surface area contributed by atoms with Crippen LogP contribution in [0.15, 0.2) is 16.5 Å². The van der Waals surface area contributed by atoms with Gasteiger partial charge in [0, 0.05) is 16.9 Å². The highest BCUT2D eigenvalue weighted by atomic mass is 32.1. The number of aliphatic hydroxyl groups excluding tert-OH is 1. The summed E-state index contributed by atoms with van der Waals surface area (Å²) in [6, 6.07) is 3.87. The van der Waals surface area contributed by atoms with Crippen LogP contribution >= 0.6 is 11.3 Å². The van der Waals surface area contributed by atoms with Crippen molar-refractivity contribution in [1.29, 1.82) is 0 Å². The Labute approximate surface area is 199 Å². The number of carbonyl (C=O) groups excluding carboxylic acids is 1. The summed E-state index contributed by atoms with van der Waals surface area (Å²) in [6.45, 7) is 12.7. The van der Waals surface area contributed by atoms with E-state index in [-0.39, 0.29) is 19.4 Å². The minimum atomic E-state index is -0.757. The van der Waals surface area contributed by atoms with E-state index >= 15 is 0 Å². The Balaban J connectivity index is 1.79. The molecule has 2 heterocycles. The van der Waals surface area contributed by atoms with Crippen molar-refractivity contribution in [3.05, 3.63) is 39.3 Å². The molecule has 33 heavy (non-hydrogen) atoms. The number of aryl methyl sites for hydroxylation is 3. The predicted molar refractivity (Wildman–Crippen MR) is 130 cm³/mol. The largest absolute Gasteiger partial charge is 0.490 e. The molecule has 0 unspecified atom stereocenters. The number of benzene rings is 1. The maximum absolute atomic E-state index is 10.9. The van der Waals surface area contributed by atoms with Crippen molar-refractivity contribution in [2.45, 2.75) is 66.9 Å². The first kappa shape index (κ1) is 24.9. The van der Waals surface area contributed by atoms with Crippen LogP contribution in [0.5, 0.6) is 5.75 Å². The van der Waals surface area contributed by atoms with Gasteiger partial charge in [0.25, 0.3) is 5.89 Å². The van der Waals surface area contributed by atoms with Gasteiger partial charge in [0.1, 0.15) is 12.4 Å². The van der Waals surface area contributed by atoms with E-state index in [9.17, 15) is 9.90 Å². The first-order valence-electron chi connectivity index (χ1n) is 11.2. The number of primary amides is 1. The summed E-state index contributed by atoms with van der Waals surface area (Å²) in [6.07, 6.45) is 0.680. The summed E-state index contributed by atoms with van der Waals surface area (Å²) in [5.74, 6) is 1.84.